The highest BCUT2D eigenvalue weighted by molar-refractivity contribution is 5.98. The van der Waals surface area contributed by atoms with Crippen LogP contribution in [0.2, 0.25) is 0 Å². The van der Waals surface area contributed by atoms with E-state index in [0.717, 1.165) is 11.3 Å². The number of anilines is 1. The molecule has 0 saturated heterocycles. The fourth-order valence-corrected chi connectivity index (χ4v) is 1.74. The van der Waals surface area contributed by atoms with Gasteiger partial charge in [-0.05, 0) is 29.8 Å². The minimum Gasteiger partial charge on any atom is -0.497 e. The van der Waals surface area contributed by atoms with Gasteiger partial charge in [-0.25, -0.2) is 0 Å². The monoisotopic (exact) mass is 241 g/mol. The second kappa shape index (κ2) is 5.36. The van der Waals surface area contributed by atoms with Gasteiger partial charge in [0.2, 0.25) is 0 Å². The maximum absolute atomic E-state index is 12.0. The third kappa shape index (κ3) is 2.88. The van der Waals surface area contributed by atoms with Gasteiger partial charge in [-0.15, -0.1) is 0 Å². The average Bonchev–Trinajstić information content (AvgIpc) is 2.39. The summed E-state index contributed by atoms with van der Waals surface area (Å²) in [5.41, 5.74) is 7.87. The van der Waals surface area contributed by atoms with Crippen molar-refractivity contribution >= 4 is 11.5 Å². The van der Waals surface area contributed by atoms with Crippen LogP contribution in [0.25, 0.3) is 0 Å². The van der Waals surface area contributed by atoms with E-state index < -0.39 is 0 Å². The van der Waals surface area contributed by atoms with Crippen molar-refractivity contribution in [1.29, 1.82) is 0 Å². The largest absolute Gasteiger partial charge is 0.497 e. The second-order valence-electron chi connectivity index (χ2n) is 4.07. The number of carbonyl (C=O) groups is 1. The molecule has 0 aliphatic rings. The van der Waals surface area contributed by atoms with Crippen molar-refractivity contribution in [3.63, 3.8) is 0 Å². The van der Waals surface area contributed by atoms with Gasteiger partial charge in [0.05, 0.1) is 7.11 Å². The molecule has 0 saturated carbocycles. The lowest BCUT2D eigenvalue weighted by Gasteiger charge is -2.04. The summed E-state index contributed by atoms with van der Waals surface area (Å²) in [6.07, 6.45) is 0.368. The van der Waals surface area contributed by atoms with Crippen LogP contribution in [0.3, 0.4) is 0 Å². The number of benzene rings is 2. The Morgan fingerprint density at radius 2 is 1.89 bits per heavy atom. The Morgan fingerprint density at radius 3 is 2.50 bits per heavy atom. The summed E-state index contributed by atoms with van der Waals surface area (Å²) in [4.78, 5) is 12.0. The molecule has 2 aromatic rings. The first-order chi connectivity index (χ1) is 8.69. The predicted molar refractivity (Wildman–Crippen MR) is 71.9 cm³/mol. The Kier molecular flexibility index (Phi) is 3.63. The van der Waals surface area contributed by atoms with Crippen molar-refractivity contribution in [2.24, 2.45) is 0 Å². The van der Waals surface area contributed by atoms with Crippen LogP contribution >= 0.6 is 0 Å². The number of nitrogens with two attached hydrogens (primary N) is 1. The van der Waals surface area contributed by atoms with E-state index in [-0.39, 0.29) is 5.78 Å². The Hall–Kier alpha value is -2.29. The molecule has 0 fully saturated rings. The van der Waals surface area contributed by atoms with Crippen LogP contribution in [-0.2, 0) is 6.42 Å². The van der Waals surface area contributed by atoms with Crippen LogP contribution in [0, 0.1) is 0 Å². The molecule has 3 heteroatoms. The summed E-state index contributed by atoms with van der Waals surface area (Å²) in [5.74, 6) is 0.850. The Bertz CT molecular complexity index is 547. The van der Waals surface area contributed by atoms with Gasteiger partial charge in [-0.3, -0.25) is 4.79 Å². The molecule has 0 radical (unpaired) electrons. The molecule has 2 N–H and O–H groups in total. The first kappa shape index (κ1) is 12.2. The lowest BCUT2D eigenvalue weighted by Crippen LogP contribution is -2.04. The Balaban J connectivity index is 2.11. The van der Waals surface area contributed by atoms with Gasteiger partial charge in [0, 0.05) is 17.7 Å². The maximum atomic E-state index is 12.0. The molecule has 2 rings (SSSR count). The molecule has 0 aromatic heterocycles. The number of hydrogen-bond acceptors (Lipinski definition) is 3. The van der Waals surface area contributed by atoms with E-state index in [1.165, 1.54) is 0 Å². The van der Waals surface area contributed by atoms with Gasteiger partial charge < -0.3 is 10.5 Å². The summed E-state index contributed by atoms with van der Waals surface area (Å²) < 4.78 is 5.07. The molecule has 0 spiro atoms. The zero-order valence-corrected chi connectivity index (χ0v) is 10.2. The van der Waals surface area contributed by atoms with E-state index in [0.29, 0.717) is 17.7 Å². The van der Waals surface area contributed by atoms with Crippen LogP contribution in [0.15, 0.2) is 48.5 Å². The molecule has 18 heavy (non-hydrogen) atoms. The van der Waals surface area contributed by atoms with Crippen LogP contribution in [-0.4, -0.2) is 12.9 Å². The van der Waals surface area contributed by atoms with Crippen LogP contribution in [0.4, 0.5) is 5.69 Å². The third-order valence-corrected chi connectivity index (χ3v) is 2.73. The second-order valence-corrected chi connectivity index (χ2v) is 4.07. The van der Waals surface area contributed by atoms with Crippen molar-refractivity contribution in [3.05, 3.63) is 59.7 Å². The Morgan fingerprint density at radius 1 is 1.17 bits per heavy atom. The highest BCUT2D eigenvalue weighted by Crippen LogP contribution is 2.14. The topological polar surface area (TPSA) is 52.3 Å². The van der Waals surface area contributed by atoms with Crippen molar-refractivity contribution in [3.8, 4) is 5.75 Å². The zero-order valence-electron chi connectivity index (χ0n) is 10.2. The smallest absolute Gasteiger partial charge is 0.167 e. The number of Topliss-reactive ketones (excluding diaryl/α,β-unsaturated/α-hetero) is 1. The molecular formula is C15H15NO2. The third-order valence-electron chi connectivity index (χ3n) is 2.73. The maximum Gasteiger partial charge on any atom is 0.167 e. The molecule has 3 nitrogen and oxygen atoms in total. The first-order valence-electron chi connectivity index (χ1n) is 5.71. The molecule has 92 valence electrons. The SMILES string of the molecule is COc1ccc(CC(=O)c2cccc(N)c2)cc1. The fraction of sp³-hybridized carbons (Fsp3) is 0.133. The number of methoxy groups -OCH3 is 1. The van der Waals surface area contributed by atoms with E-state index in [4.69, 9.17) is 10.5 Å². The number of nitrogen functional groups attached to an aromatic ring is 1. The van der Waals surface area contributed by atoms with Crippen molar-refractivity contribution in [2.45, 2.75) is 6.42 Å². The average molecular weight is 241 g/mol. The molecule has 0 bridgehead atoms. The van der Waals surface area contributed by atoms with Crippen molar-refractivity contribution in [2.75, 3.05) is 12.8 Å². The molecule has 0 heterocycles. The van der Waals surface area contributed by atoms with Crippen LogP contribution in [0.5, 0.6) is 5.75 Å². The molecule has 0 aliphatic heterocycles. The lowest BCUT2D eigenvalue weighted by atomic mass is 10.0. The summed E-state index contributed by atoms with van der Waals surface area (Å²) in [6, 6.07) is 14.5. The van der Waals surface area contributed by atoms with E-state index in [1.807, 2.05) is 24.3 Å². The van der Waals surface area contributed by atoms with Crippen molar-refractivity contribution in [1.82, 2.24) is 0 Å². The minimum atomic E-state index is 0.0625. The van der Waals surface area contributed by atoms with Gasteiger partial charge in [-0.1, -0.05) is 24.3 Å². The summed E-state index contributed by atoms with van der Waals surface area (Å²) in [5, 5.41) is 0. The number of hydrogen-bond donors (Lipinski definition) is 1. The fourth-order valence-electron chi connectivity index (χ4n) is 1.74. The van der Waals surface area contributed by atoms with Gasteiger partial charge in [-0.2, -0.15) is 0 Å². The summed E-state index contributed by atoms with van der Waals surface area (Å²) in [7, 11) is 1.62. The van der Waals surface area contributed by atoms with Gasteiger partial charge in [0.1, 0.15) is 5.75 Å². The highest BCUT2D eigenvalue weighted by Gasteiger charge is 2.07. The van der Waals surface area contributed by atoms with E-state index in [1.54, 1.807) is 31.4 Å². The number of rotatable bonds is 4. The summed E-state index contributed by atoms with van der Waals surface area (Å²) >= 11 is 0. The standard InChI is InChI=1S/C15H15NO2/c1-18-14-7-5-11(6-8-14)9-15(17)12-3-2-4-13(16)10-12/h2-8,10H,9,16H2,1H3. The summed E-state index contributed by atoms with van der Waals surface area (Å²) in [6.45, 7) is 0. The molecule has 0 amide bonds. The number of ketones is 1. The first-order valence-corrected chi connectivity index (χ1v) is 5.71. The molecular weight excluding hydrogens is 226 g/mol. The predicted octanol–water partition coefficient (Wildman–Crippen LogP) is 2.70. The molecule has 2 aromatic carbocycles. The molecule has 0 atom stereocenters. The van der Waals surface area contributed by atoms with E-state index in [2.05, 4.69) is 0 Å². The van der Waals surface area contributed by atoms with Gasteiger partial charge >= 0.3 is 0 Å². The quantitative estimate of drug-likeness (QED) is 0.661. The number of carbonyl (C=O) groups excluding carboxylic acids is 1. The van der Waals surface area contributed by atoms with E-state index >= 15 is 0 Å². The highest BCUT2D eigenvalue weighted by atomic mass is 16.5. The van der Waals surface area contributed by atoms with Gasteiger partial charge in [0.25, 0.3) is 0 Å². The van der Waals surface area contributed by atoms with Gasteiger partial charge in [0.15, 0.2) is 5.78 Å². The zero-order chi connectivity index (χ0) is 13.0. The van der Waals surface area contributed by atoms with Crippen LogP contribution < -0.4 is 10.5 Å². The van der Waals surface area contributed by atoms with Crippen LogP contribution in [0.1, 0.15) is 15.9 Å². The molecule has 0 aliphatic carbocycles. The van der Waals surface area contributed by atoms with Crippen molar-refractivity contribution < 1.29 is 9.53 Å². The Labute approximate surface area is 106 Å². The lowest BCUT2D eigenvalue weighted by molar-refractivity contribution is 0.0993. The minimum absolute atomic E-state index is 0.0625. The van der Waals surface area contributed by atoms with E-state index in [9.17, 15) is 4.79 Å². The normalized spacial score (nSPS) is 10.1. The number of ether oxygens (including phenoxy) is 1. The molecule has 0 unspecified atom stereocenters.